The predicted molar refractivity (Wildman–Crippen MR) is 78.3 cm³/mol. The van der Waals surface area contributed by atoms with E-state index in [-0.39, 0.29) is 23.6 Å². The van der Waals surface area contributed by atoms with Crippen LogP contribution in [-0.4, -0.2) is 30.6 Å². The topological polar surface area (TPSA) is 76.1 Å². The van der Waals surface area contributed by atoms with Gasteiger partial charge >= 0.3 is 5.97 Å². The van der Waals surface area contributed by atoms with E-state index in [1.807, 2.05) is 0 Å². The van der Waals surface area contributed by atoms with Crippen molar-refractivity contribution in [2.45, 2.75) is 0 Å². The molecule has 1 aliphatic heterocycles. The summed E-state index contributed by atoms with van der Waals surface area (Å²) in [6.07, 6.45) is 0. The summed E-state index contributed by atoms with van der Waals surface area (Å²) < 4.78 is 10.4. The molecule has 0 aliphatic carbocycles. The molecule has 0 fully saturated rings. The van der Waals surface area contributed by atoms with E-state index in [1.54, 1.807) is 24.3 Å². The van der Waals surface area contributed by atoms with Crippen molar-refractivity contribution in [2.24, 2.45) is 0 Å². The fraction of sp³-hybridized carbons (Fsp3) is 0.125. The van der Waals surface area contributed by atoms with E-state index < -0.39 is 11.9 Å². The molecule has 0 aromatic heterocycles. The first-order valence-electron chi connectivity index (χ1n) is 6.58. The molecule has 1 amide bonds. The van der Waals surface area contributed by atoms with E-state index in [0.717, 1.165) is 0 Å². The lowest BCUT2D eigenvalue weighted by Gasteiger charge is -2.20. The van der Waals surface area contributed by atoms with E-state index in [2.05, 4.69) is 4.74 Å². The van der Waals surface area contributed by atoms with Gasteiger partial charge in [0.1, 0.15) is 18.0 Å². The van der Waals surface area contributed by atoms with Crippen molar-refractivity contribution >= 4 is 17.6 Å². The van der Waals surface area contributed by atoms with Crippen LogP contribution in [-0.2, 0) is 9.53 Å². The summed E-state index contributed by atoms with van der Waals surface area (Å²) >= 11 is 0. The van der Waals surface area contributed by atoms with Crippen LogP contribution in [0.2, 0.25) is 0 Å². The Morgan fingerprint density at radius 1 is 1.23 bits per heavy atom. The van der Waals surface area contributed by atoms with Gasteiger partial charge < -0.3 is 14.6 Å². The van der Waals surface area contributed by atoms with Crippen molar-refractivity contribution in [1.82, 2.24) is 0 Å². The third kappa shape index (κ3) is 2.35. The molecule has 0 unspecified atom stereocenters. The molecule has 22 heavy (non-hydrogen) atoms. The Kier molecular flexibility index (Phi) is 3.42. The molecule has 0 saturated carbocycles. The molecular weight excluding hydrogens is 286 g/mol. The number of aromatic hydroxyl groups is 1. The SMILES string of the molecule is COC(=O)CN1C(=O)c2ccc(O)cc2Oc2ccccc21. The second kappa shape index (κ2) is 5.40. The van der Waals surface area contributed by atoms with Crippen molar-refractivity contribution in [3.8, 4) is 17.2 Å². The van der Waals surface area contributed by atoms with Crippen LogP contribution >= 0.6 is 0 Å². The largest absolute Gasteiger partial charge is 0.508 e. The van der Waals surface area contributed by atoms with Crippen LogP contribution in [0.15, 0.2) is 42.5 Å². The van der Waals surface area contributed by atoms with Gasteiger partial charge in [-0.25, -0.2) is 0 Å². The monoisotopic (exact) mass is 299 g/mol. The van der Waals surface area contributed by atoms with Crippen LogP contribution in [0.3, 0.4) is 0 Å². The van der Waals surface area contributed by atoms with Crippen molar-refractivity contribution in [1.29, 1.82) is 0 Å². The van der Waals surface area contributed by atoms with E-state index >= 15 is 0 Å². The Labute approximate surface area is 126 Å². The number of amides is 1. The number of fused-ring (bicyclic) bond motifs is 2. The Morgan fingerprint density at radius 3 is 2.77 bits per heavy atom. The molecule has 0 atom stereocenters. The lowest BCUT2D eigenvalue weighted by atomic mass is 10.1. The third-order valence-corrected chi connectivity index (χ3v) is 3.33. The highest BCUT2D eigenvalue weighted by Crippen LogP contribution is 2.39. The fourth-order valence-electron chi connectivity index (χ4n) is 2.26. The van der Waals surface area contributed by atoms with Gasteiger partial charge in [0, 0.05) is 6.07 Å². The lowest BCUT2D eigenvalue weighted by Crippen LogP contribution is -2.35. The fourth-order valence-corrected chi connectivity index (χ4v) is 2.26. The van der Waals surface area contributed by atoms with Gasteiger partial charge in [0.2, 0.25) is 0 Å². The number of esters is 1. The summed E-state index contributed by atoms with van der Waals surface area (Å²) in [6.45, 7) is -0.226. The predicted octanol–water partition coefficient (Wildman–Crippen LogP) is 2.32. The number of carbonyl (C=O) groups is 2. The summed E-state index contributed by atoms with van der Waals surface area (Å²) in [4.78, 5) is 25.6. The second-order valence-electron chi connectivity index (χ2n) is 4.72. The average molecular weight is 299 g/mol. The molecule has 0 spiro atoms. The lowest BCUT2D eigenvalue weighted by molar-refractivity contribution is -0.138. The maximum Gasteiger partial charge on any atom is 0.325 e. The molecule has 0 radical (unpaired) electrons. The van der Waals surface area contributed by atoms with E-state index in [4.69, 9.17) is 4.74 Å². The van der Waals surface area contributed by atoms with Crippen LogP contribution in [0.1, 0.15) is 10.4 Å². The molecule has 1 aliphatic rings. The molecule has 112 valence electrons. The van der Waals surface area contributed by atoms with Crippen LogP contribution in [0, 0.1) is 0 Å². The summed E-state index contributed by atoms with van der Waals surface area (Å²) in [5.41, 5.74) is 0.728. The first kappa shape index (κ1) is 13.9. The Balaban J connectivity index is 2.15. The minimum atomic E-state index is -0.537. The van der Waals surface area contributed by atoms with Crippen LogP contribution in [0.5, 0.6) is 17.2 Å². The van der Waals surface area contributed by atoms with Gasteiger partial charge in [0.15, 0.2) is 5.75 Å². The van der Waals surface area contributed by atoms with Crippen molar-refractivity contribution < 1.29 is 24.2 Å². The Morgan fingerprint density at radius 2 is 2.00 bits per heavy atom. The zero-order chi connectivity index (χ0) is 15.7. The summed E-state index contributed by atoms with van der Waals surface area (Å²) in [5, 5.41) is 9.58. The number of phenolic OH excluding ortho intramolecular Hbond substituents is 1. The maximum atomic E-state index is 12.7. The molecule has 0 saturated heterocycles. The standard InChI is InChI=1S/C16H13NO5/c1-21-15(19)9-17-12-4-2-3-5-13(12)22-14-8-10(18)6-7-11(14)16(17)20/h2-8,18H,9H2,1H3. The first-order chi connectivity index (χ1) is 10.6. The highest BCUT2D eigenvalue weighted by Gasteiger charge is 2.29. The van der Waals surface area contributed by atoms with Crippen molar-refractivity contribution in [3.63, 3.8) is 0 Å². The molecule has 6 heteroatoms. The quantitative estimate of drug-likeness (QED) is 0.861. The number of rotatable bonds is 2. The maximum absolute atomic E-state index is 12.7. The molecule has 0 bridgehead atoms. The number of phenols is 1. The van der Waals surface area contributed by atoms with Crippen molar-refractivity contribution in [3.05, 3.63) is 48.0 Å². The Hall–Kier alpha value is -3.02. The minimum absolute atomic E-state index is 0.00884. The molecule has 3 rings (SSSR count). The van der Waals surface area contributed by atoms with Gasteiger partial charge in [0.25, 0.3) is 5.91 Å². The third-order valence-electron chi connectivity index (χ3n) is 3.33. The van der Waals surface area contributed by atoms with E-state index in [0.29, 0.717) is 11.4 Å². The van der Waals surface area contributed by atoms with E-state index in [1.165, 1.54) is 30.2 Å². The number of para-hydroxylation sites is 2. The van der Waals surface area contributed by atoms with Crippen LogP contribution in [0.4, 0.5) is 5.69 Å². The van der Waals surface area contributed by atoms with E-state index in [9.17, 15) is 14.7 Å². The van der Waals surface area contributed by atoms with Crippen LogP contribution in [0.25, 0.3) is 0 Å². The second-order valence-corrected chi connectivity index (χ2v) is 4.72. The zero-order valence-electron chi connectivity index (χ0n) is 11.8. The number of anilines is 1. The van der Waals surface area contributed by atoms with Gasteiger partial charge in [-0.3, -0.25) is 14.5 Å². The van der Waals surface area contributed by atoms with Gasteiger partial charge in [0.05, 0.1) is 18.4 Å². The molecule has 2 aromatic carbocycles. The number of ether oxygens (including phenoxy) is 2. The van der Waals surface area contributed by atoms with Gasteiger partial charge in [-0.15, -0.1) is 0 Å². The molecule has 2 aromatic rings. The number of hydrogen-bond acceptors (Lipinski definition) is 5. The average Bonchev–Trinajstić information content (AvgIpc) is 2.63. The summed E-state index contributed by atoms with van der Waals surface area (Å²) in [6, 6.07) is 11.1. The smallest absolute Gasteiger partial charge is 0.325 e. The molecule has 1 N–H and O–H groups in total. The van der Waals surface area contributed by atoms with Gasteiger partial charge in [-0.1, -0.05) is 12.1 Å². The number of benzene rings is 2. The molecule has 6 nitrogen and oxygen atoms in total. The van der Waals surface area contributed by atoms with Gasteiger partial charge in [-0.05, 0) is 24.3 Å². The highest BCUT2D eigenvalue weighted by atomic mass is 16.5. The van der Waals surface area contributed by atoms with Gasteiger partial charge in [-0.2, -0.15) is 0 Å². The highest BCUT2D eigenvalue weighted by molar-refractivity contribution is 6.11. The minimum Gasteiger partial charge on any atom is -0.508 e. The number of carbonyl (C=O) groups excluding carboxylic acids is 2. The number of hydrogen-bond donors (Lipinski definition) is 1. The summed E-state index contributed by atoms with van der Waals surface area (Å²) in [5.74, 6) is -0.282. The normalized spacial score (nSPS) is 12.8. The zero-order valence-corrected chi connectivity index (χ0v) is 11.8. The van der Waals surface area contributed by atoms with Crippen LogP contribution < -0.4 is 9.64 Å². The number of methoxy groups -OCH3 is 1. The Bertz CT molecular complexity index is 756. The van der Waals surface area contributed by atoms with Crippen molar-refractivity contribution in [2.75, 3.05) is 18.6 Å². The summed E-state index contributed by atoms with van der Waals surface area (Å²) in [7, 11) is 1.26. The molecular formula is C16H13NO5. The molecule has 1 heterocycles. The first-order valence-corrected chi connectivity index (χ1v) is 6.58. The number of nitrogens with zero attached hydrogens (tertiary/aromatic N) is 1.